The van der Waals surface area contributed by atoms with Crippen LogP contribution in [0.4, 0.5) is 4.39 Å². The zero-order valence-corrected chi connectivity index (χ0v) is 11.7. The number of H-pyrrole nitrogens is 1. The Balaban J connectivity index is 1.97. The van der Waals surface area contributed by atoms with Gasteiger partial charge in [0.15, 0.2) is 0 Å². The number of fused-ring (bicyclic) bond motifs is 1. The van der Waals surface area contributed by atoms with E-state index in [1.807, 2.05) is 0 Å². The van der Waals surface area contributed by atoms with Crippen molar-refractivity contribution < 1.29 is 19.1 Å². The summed E-state index contributed by atoms with van der Waals surface area (Å²) in [6.07, 6.45) is 1.71. The summed E-state index contributed by atoms with van der Waals surface area (Å²) in [5.41, 5.74) is -0.550. The minimum atomic E-state index is -1.29. The fourth-order valence-corrected chi connectivity index (χ4v) is 3.68. The number of rotatable bonds is 3. The molecule has 1 aliphatic heterocycles. The van der Waals surface area contributed by atoms with Gasteiger partial charge in [0.25, 0.3) is 5.91 Å². The molecular formula is C13H12FN3O3S. The Morgan fingerprint density at radius 1 is 1.48 bits per heavy atom. The number of thioether (sulfide) groups is 1. The molecule has 6 nitrogen and oxygen atoms in total. The normalized spacial score (nSPS) is 21.6. The van der Waals surface area contributed by atoms with Gasteiger partial charge in [0.2, 0.25) is 0 Å². The molecule has 0 radical (unpaired) electrons. The Kier molecular flexibility index (Phi) is 3.32. The van der Waals surface area contributed by atoms with Gasteiger partial charge in [-0.15, -0.1) is 0 Å². The monoisotopic (exact) mass is 309 g/mol. The molecule has 110 valence electrons. The van der Waals surface area contributed by atoms with E-state index in [1.54, 1.807) is 0 Å². The van der Waals surface area contributed by atoms with E-state index in [-0.39, 0.29) is 5.56 Å². The molecule has 1 aliphatic rings. The van der Waals surface area contributed by atoms with Crippen molar-refractivity contribution >= 4 is 34.7 Å². The lowest BCUT2D eigenvalue weighted by Crippen LogP contribution is -2.54. The van der Waals surface area contributed by atoms with Crippen molar-refractivity contribution in [3.05, 3.63) is 29.8 Å². The van der Waals surface area contributed by atoms with Crippen molar-refractivity contribution in [1.29, 1.82) is 0 Å². The van der Waals surface area contributed by atoms with Crippen molar-refractivity contribution in [3.8, 4) is 0 Å². The minimum Gasteiger partial charge on any atom is -0.479 e. The van der Waals surface area contributed by atoms with Gasteiger partial charge in [0, 0.05) is 5.75 Å². The standard InChI is InChI=1S/C13H12FN3O3S/c14-7-3-8(10-9(4-7)15-6-16-10)11(18)17-13(12(19)20)1-2-21-5-13/h3-4,6H,1-2,5H2,(H,15,16)(H,17,18)(H,19,20). The number of nitrogens with one attached hydrogen (secondary N) is 2. The second-order valence-corrected chi connectivity index (χ2v) is 6.00. The molecule has 0 saturated carbocycles. The summed E-state index contributed by atoms with van der Waals surface area (Å²) in [5, 5.41) is 11.9. The zero-order valence-electron chi connectivity index (χ0n) is 10.9. The van der Waals surface area contributed by atoms with Crippen molar-refractivity contribution in [2.75, 3.05) is 11.5 Å². The third-order valence-corrected chi connectivity index (χ3v) is 4.71. The number of carbonyl (C=O) groups excluding carboxylic acids is 1. The Bertz CT molecular complexity index is 725. The fraction of sp³-hybridized carbons (Fsp3) is 0.308. The van der Waals surface area contributed by atoms with Gasteiger partial charge in [-0.2, -0.15) is 11.8 Å². The van der Waals surface area contributed by atoms with Gasteiger partial charge in [-0.1, -0.05) is 0 Å². The third kappa shape index (κ3) is 2.35. The molecule has 2 aromatic rings. The summed E-state index contributed by atoms with van der Waals surface area (Å²) in [6.45, 7) is 0. The zero-order chi connectivity index (χ0) is 15.0. The molecule has 1 aromatic heterocycles. The molecule has 0 aliphatic carbocycles. The number of benzene rings is 1. The van der Waals surface area contributed by atoms with Crippen LogP contribution in [0.2, 0.25) is 0 Å². The van der Waals surface area contributed by atoms with Crippen LogP contribution in [0.5, 0.6) is 0 Å². The van der Waals surface area contributed by atoms with Crippen LogP contribution < -0.4 is 5.32 Å². The number of aliphatic carboxylic acids is 1. The molecule has 3 N–H and O–H groups in total. The molecule has 8 heteroatoms. The van der Waals surface area contributed by atoms with Gasteiger partial charge in [-0.25, -0.2) is 14.2 Å². The van der Waals surface area contributed by atoms with Gasteiger partial charge < -0.3 is 15.4 Å². The molecular weight excluding hydrogens is 297 g/mol. The smallest absolute Gasteiger partial charge is 0.330 e. The van der Waals surface area contributed by atoms with Gasteiger partial charge in [0.1, 0.15) is 16.9 Å². The van der Waals surface area contributed by atoms with Crippen LogP contribution in [0.3, 0.4) is 0 Å². The number of carboxylic acids is 1. The Morgan fingerprint density at radius 3 is 2.95 bits per heavy atom. The quantitative estimate of drug-likeness (QED) is 0.796. The summed E-state index contributed by atoms with van der Waals surface area (Å²) in [6, 6.07) is 2.30. The number of halogens is 1. The SMILES string of the molecule is O=C(NC1(C(=O)O)CCSC1)c1cc(F)cc2[nH]cnc12. The highest BCUT2D eigenvalue weighted by molar-refractivity contribution is 7.99. The van der Waals surface area contributed by atoms with Crippen molar-refractivity contribution in [2.24, 2.45) is 0 Å². The van der Waals surface area contributed by atoms with E-state index in [9.17, 15) is 19.1 Å². The Labute approximate surface area is 123 Å². The van der Waals surface area contributed by atoms with Crippen LogP contribution in [-0.4, -0.2) is 44.0 Å². The van der Waals surface area contributed by atoms with Gasteiger partial charge in [-0.05, 0) is 24.3 Å². The second-order valence-electron chi connectivity index (χ2n) is 4.90. The van der Waals surface area contributed by atoms with E-state index in [4.69, 9.17) is 0 Å². The second kappa shape index (κ2) is 5.03. The number of nitrogens with zero attached hydrogens (tertiary/aromatic N) is 1. The Morgan fingerprint density at radius 2 is 2.29 bits per heavy atom. The lowest BCUT2D eigenvalue weighted by atomic mass is 9.98. The molecule has 1 fully saturated rings. The maximum absolute atomic E-state index is 13.6. The molecule has 2 heterocycles. The lowest BCUT2D eigenvalue weighted by Gasteiger charge is -2.24. The topological polar surface area (TPSA) is 95.1 Å². The first kappa shape index (κ1) is 13.9. The average molecular weight is 309 g/mol. The summed E-state index contributed by atoms with van der Waals surface area (Å²) in [4.78, 5) is 30.5. The first-order valence-electron chi connectivity index (χ1n) is 6.28. The minimum absolute atomic E-state index is 0.0313. The maximum Gasteiger partial charge on any atom is 0.330 e. The van der Waals surface area contributed by atoms with Gasteiger partial charge in [0.05, 0.1) is 17.4 Å². The largest absolute Gasteiger partial charge is 0.479 e. The molecule has 1 atom stereocenters. The maximum atomic E-state index is 13.6. The summed E-state index contributed by atoms with van der Waals surface area (Å²) >= 11 is 1.46. The fourth-order valence-electron chi connectivity index (χ4n) is 2.36. The molecule has 1 aromatic carbocycles. The number of hydrogen-bond donors (Lipinski definition) is 3. The molecule has 0 bridgehead atoms. The lowest BCUT2D eigenvalue weighted by molar-refractivity contribution is -0.143. The Hall–Kier alpha value is -2.09. The van der Waals surface area contributed by atoms with E-state index in [1.165, 1.54) is 24.2 Å². The highest BCUT2D eigenvalue weighted by Crippen LogP contribution is 2.29. The first-order valence-corrected chi connectivity index (χ1v) is 7.44. The first-order chi connectivity index (χ1) is 10.0. The van der Waals surface area contributed by atoms with Crippen molar-refractivity contribution in [1.82, 2.24) is 15.3 Å². The summed E-state index contributed by atoms with van der Waals surface area (Å²) in [5.74, 6) is -1.32. The van der Waals surface area contributed by atoms with Crippen LogP contribution >= 0.6 is 11.8 Å². The summed E-state index contributed by atoms with van der Waals surface area (Å²) < 4.78 is 13.6. The number of carbonyl (C=O) groups is 2. The molecule has 3 rings (SSSR count). The number of amides is 1. The third-order valence-electron chi connectivity index (χ3n) is 3.52. The van der Waals surface area contributed by atoms with Crippen molar-refractivity contribution in [3.63, 3.8) is 0 Å². The predicted molar refractivity (Wildman–Crippen MR) is 75.8 cm³/mol. The van der Waals surface area contributed by atoms with Crippen LogP contribution in [0.15, 0.2) is 18.5 Å². The number of carboxylic acid groups (broad SMARTS) is 1. The van der Waals surface area contributed by atoms with Gasteiger partial charge in [-0.3, -0.25) is 4.79 Å². The van der Waals surface area contributed by atoms with E-state index in [2.05, 4.69) is 15.3 Å². The van der Waals surface area contributed by atoms with Gasteiger partial charge >= 0.3 is 5.97 Å². The van der Waals surface area contributed by atoms with Crippen LogP contribution in [0.25, 0.3) is 11.0 Å². The number of hydrogen-bond acceptors (Lipinski definition) is 4. The van der Waals surface area contributed by atoms with E-state index < -0.39 is 23.2 Å². The number of imidazole rings is 1. The predicted octanol–water partition coefficient (Wildman–Crippen LogP) is 1.39. The molecule has 21 heavy (non-hydrogen) atoms. The van der Waals surface area contributed by atoms with Crippen LogP contribution in [-0.2, 0) is 4.79 Å². The molecule has 1 amide bonds. The molecule has 0 spiro atoms. The van der Waals surface area contributed by atoms with Crippen LogP contribution in [0.1, 0.15) is 16.8 Å². The highest BCUT2D eigenvalue weighted by atomic mass is 32.2. The highest BCUT2D eigenvalue weighted by Gasteiger charge is 2.43. The van der Waals surface area contributed by atoms with Crippen molar-refractivity contribution in [2.45, 2.75) is 12.0 Å². The van der Waals surface area contributed by atoms with Crippen LogP contribution in [0, 0.1) is 5.82 Å². The average Bonchev–Trinajstić information content (AvgIpc) is 3.06. The molecule has 1 unspecified atom stereocenters. The van der Waals surface area contributed by atoms with E-state index in [0.717, 1.165) is 6.07 Å². The molecule has 1 saturated heterocycles. The summed E-state index contributed by atoms with van der Waals surface area (Å²) in [7, 11) is 0. The number of aromatic nitrogens is 2. The number of aromatic amines is 1. The van der Waals surface area contributed by atoms with E-state index >= 15 is 0 Å². The van der Waals surface area contributed by atoms with E-state index in [0.29, 0.717) is 29.0 Å².